The minimum absolute atomic E-state index is 0.00515. The molecule has 0 bridgehead atoms. The van der Waals surface area contributed by atoms with Crippen molar-refractivity contribution in [2.24, 2.45) is 0 Å². The van der Waals surface area contributed by atoms with Gasteiger partial charge in [0.25, 0.3) is 0 Å². The number of benzene rings is 5. The van der Waals surface area contributed by atoms with E-state index in [-0.39, 0.29) is 5.41 Å². The van der Waals surface area contributed by atoms with Gasteiger partial charge >= 0.3 is 0 Å². The van der Waals surface area contributed by atoms with E-state index in [0.717, 1.165) is 10.6 Å². The average Bonchev–Trinajstić information content (AvgIpc) is 3.53. The van der Waals surface area contributed by atoms with Crippen molar-refractivity contribution in [3.63, 3.8) is 0 Å². The summed E-state index contributed by atoms with van der Waals surface area (Å²) in [6, 6.07) is 35.4. The second-order valence-corrected chi connectivity index (χ2v) is 11.0. The minimum Gasteiger partial charge on any atom is -0.285 e. The molecule has 8 rings (SSSR count). The van der Waals surface area contributed by atoms with Gasteiger partial charge in [-0.1, -0.05) is 104 Å². The number of hydrogen-bond donors (Lipinski definition) is 0. The van der Waals surface area contributed by atoms with E-state index in [0.29, 0.717) is 0 Å². The summed E-state index contributed by atoms with van der Waals surface area (Å²) in [5.74, 6) is 0. The second kappa shape index (κ2) is 6.59. The highest BCUT2D eigenvalue weighted by molar-refractivity contribution is 7.20. The van der Waals surface area contributed by atoms with Crippen molar-refractivity contribution in [3.05, 3.63) is 108 Å². The molecule has 0 saturated carbocycles. The molecule has 0 aliphatic heterocycles. The highest BCUT2D eigenvalue weighted by Crippen LogP contribution is 2.52. The number of nitrogens with zero attached hydrogens (tertiary/aromatic N) is 2. The van der Waals surface area contributed by atoms with E-state index in [1.165, 1.54) is 59.5 Å². The van der Waals surface area contributed by atoms with Gasteiger partial charge in [-0.15, -0.1) is 0 Å². The Morgan fingerprint density at radius 2 is 1.37 bits per heavy atom. The predicted molar refractivity (Wildman–Crippen MR) is 149 cm³/mol. The van der Waals surface area contributed by atoms with Crippen LogP contribution < -0.4 is 0 Å². The molecule has 0 saturated heterocycles. The van der Waals surface area contributed by atoms with E-state index in [1.54, 1.807) is 11.3 Å². The molecule has 0 fully saturated rings. The van der Waals surface area contributed by atoms with Crippen LogP contribution in [-0.2, 0) is 5.41 Å². The van der Waals surface area contributed by atoms with E-state index in [1.807, 2.05) is 0 Å². The van der Waals surface area contributed by atoms with Crippen molar-refractivity contribution in [3.8, 4) is 16.3 Å². The fraction of sp³-hybridized carbons (Fsp3) is 0.0938. The van der Waals surface area contributed by atoms with Crippen molar-refractivity contribution >= 4 is 54.1 Å². The highest BCUT2D eigenvalue weighted by Gasteiger charge is 2.36. The Bertz CT molecular complexity index is 1950. The van der Waals surface area contributed by atoms with Crippen LogP contribution in [0.4, 0.5) is 0 Å². The van der Waals surface area contributed by atoms with Gasteiger partial charge in [0.15, 0.2) is 5.13 Å². The molecule has 0 N–H and O–H groups in total. The lowest BCUT2D eigenvalue weighted by atomic mass is 9.82. The molecule has 0 spiro atoms. The van der Waals surface area contributed by atoms with Crippen molar-refractivity contribution in [1.29, 1.82) is 0 Å². The maximum absolute atomic E-state index is 5.08. The molecule has 35 heavy (non-hydrogen) atoms. The molecular weight excluding hydrogens is 444 g/mol. The smallest absolute Gasteiger partial charge is 0.195 e. The lowest BCUT2D eigenvalue weighted by Gasteiger charge is -2.21. The molecule has 166 valence electrons. The van der Waals surface area contributed by atoms with Gasteiger partial charge < -0.3 is 0 Å². The Hall–Kier alpha value is -3.95. The number of para-hydroxylation sites is 2. The molecular formula is C32H22N2S. The first-order chi connectivity index (χ1) is 17.1. The maximum Gasteiger partial charge on any atom is 0.195 e. The Morgan fingerprint density at radius 3 is 2.29 bits per heavy atom. The Labute approximate surface area is 207 Å². The van der Waals surface area contributed by atoms with Crippen molar-refractivity contribution in [1.82, 2.24) is 9.55 Å². The van der Waals surface area contributed by atoms with Crippen molar-refractivity contribution in [2.45, 2.75) is 19.3 Å². The Kier molecular flexibility index (Phi) is 3.64. The van der Waals surface area contributed by atoms with Gasteiger partial charge in [0.05, 0.1) is 21.3 Å². The summed E-state index contributed by atoms with van der Waals surface area (Å²) in [7, 11) is 0. The molecule has 2 nitrogen and oxygen atoms in total. The SMILES string of the molecule is CC1(C)c2ccccc2-c2c1ccc1c2ccc2c3ccccc3n(-c3nc4ccccc4s3)c12. The van der Waals surface area contributed by atoms with Crippen LogP contribution in [-0.4, -0.2) is 9.55 Å². The van der Waals surface area contributed by atoms with Crippen LogP contribution >= 0.6 is 11.3 Å². The number of thiazole rings is 1. The summed E-state index contributed by atoms with van der Waals surface area (Å²) in [6.45, 7) is 4.69. The van der Waals surface area contributed by atoms with Gasteiger partial charge in [-0.25, -0.2) is 4.98 Å². The summed E-state index contributed by atoms with van der Waals surface area (Å²) in [4.78, 5) is 5.08. The van der Waals surface area contributed by atoms with Gasteiger partial charge in [0.1, 0.15) is 0 Å². The average molecular weight is 467 g/mol. The van der Waals surface area contributed by atoms with Crippen molar-refractivity contribution < 1.29 is 0 Å². The normalized spacial score (nSPS) is 14.2. The zero-order valence-corrected chi connectivity index (χ0v) is 20.4. The summed E-state index contributed by atoms with van der Waals surface area (Å²) in [5, 5.41) is 6.16. The van der Waals surface area contributed by atoms with Crippen LogP contribution in [0.3, 0.4) is 0 Å². The first-order valence-corrected chi connectivity index (χ1v) is 12.9. The maximum atomic E-state index is 5.08. The lowest BCUT2D eigenvalue weighted by Crippen LogP contribution is -2.14. The van der Waals surface area contributed by atoms with Crippen LogP contribution in [0, 0.1) is 0 Å². The molecule has 2 aromatic heterocycles. The molecule has 5 aromatic carbocycles. The number of hydrogen-bond acceptors (Lipinski definition) is 2. The van der Waals surface area contributed by atoms with E-state index < -0.39 is 0 Å². The summed E-state index contributed by atoms with van der Waals surface area (Å²) in [5.41, 5.74) is 9.06. The predicted octanol–water partition coefficient (Wildman–Crippen LogP) is 8.85. The molecule has 0 amide bonds. The number of fused-ring (bicyclic) bond motifs is 10. The summed E-state index contributed by atoms with van der Waals surface area (Å²) in [6.07, 6.45) is 0. The Balaban J connectivity index is 1.56. The molecule has 1 aliphatic rings. The quantitative estimate of drug-likeness (QED) is 0.236. The largest absolute Gasteiger partial charge is 0.285 e. The van der Waals surface area contributed by atoms with E-state index in [9.17, 15) is 0 Å². The monoisotopic (exact) mass is 466 g/mol. The topological polar surface area (TPSA) is 17.8 Å². The van der Waals surface area contributed by atoms with Gasteiger partial charge in [-0.05, 0) is 45.8 Å². The summed E-state index contributed by atoms with van der Waals surface area (Å²) >= 11 is 1.76. The van der Waals surface area contributed by atoms with Gasteiger partial charge in [0.2, 0.25) is 0 Å². The molecule has 0 radical (unpaired) electrons. The van der Waals surface area contributed by atoms with Gasteiger partial charge in [-0.2, -0.15) is 0 Å². The molecule has 1 aliphatic carbocycles. The van der Waals surface area contributed by atoms with E-state index >= 15 is 0 Å². The lowest BCUT2D eigenvalue weighted by molar-refractivity contribution is 0.661. The van der Waals surface area contributed by atoms with Crippen molar-refractivity contribution in [2.75, 3.05) is 0 Å². The number of aromatic nitrogens is 2. The Morgan fingerprint density at radius 1 is 0.657 bits per heavy atom. The standard InChI is InChI=1S/C32H22N2S/c1-32(2)24-11-5-3-10-23(24)29-20-15-16-21-19-9-4-7-13-27(19)34(30(21)22(20)17-18-25(29)32)31-33-26-12-6-8-14-28(26)35-31/h3-18H,1-2H3. The van der Waals surface area contributed by atoms with Gasteiger partial charge in [-0.3, -0.25) is 4.57 Å². The minimum atomic E-state index is -0.00515. The van der Waals surface area contributed by atoms with Crippen LogP contribution in [0.1, 0.15) is 25.0 Å². The van der Waals surface area contributed by atoms with E-state index in [2.05, 4.69) is 115 Å². The first-order valence-electron chi connectivity index (χ1n) is 12.1. The fourth-order valence-corrected chi connectivity index (χ4v) is 7.21. The van der Waals surface area contributed by atoms with Gasteiger partial charge in [0, 0.05) is 21.6 Å². The zero-order chi connectivity index (χ0) is 23.3. The third kappa shape index (κ3) is 2.41. The first kappa shape index (κ1) is 19.4. The fourth-order valence-electron chi connectivity index (χ4n) is 6.22. The van der Waals surface area contributed by atoms with Crippen LogP contribution in [0.2, 0.25) is 0 Å². The second-order valence-electron chi connectivity index (χ2n) is 10.0. The van der Waals surface area contributed by atoms with Crippen LogP contribution in [0.15, 0.2) is 97.1 Å². The molecule has 0 unspecified atom stereocenters. The molecule has 7 aromatic rings. The van der Waals surface area contributed by atoms with Crippen LogP contribution in [0.25, 0.3) is 59.1 Å². The molecule has 2 heterocycles. The summed E-state index contributed by atoms with van der Waals surface area (Å²) < 4.78 is 3.60. The third-order valence-electron chi connectivity index (χ3n) is 7.85. The van der Waals surface area contributed by atoms with Crippen LogP contribution in [0.5, 0.6) is 0 Å². The highest BCUT2D eigenvalue weighted by atomic mass is 32.1. The molecule has 3 heteroatoms. The number of rotatable bonds is 1. The van der Waals surface area contributed by atoms with E-state index in [4.69, 9.17) is 4.98 Å². The zero-order valence-electron chi connectivity index (χ0n) is 19.5. The molecule has 0 atom stereocenters. The third-order valence-corrected chi connectivity index (χ3v) is 8.87.